The maximum absolute atomic E-state index is 12.2. The van der Waals surface area contributed by atoms with Crippen LogP contribution in [0.5, 0.6) is 0 Å². The van der Waals surface area contributed by atoms with Gasteiger partial charge in [-0.15, -0.1) is 0 Å². The summed E-state index contributed by atoms with van der Waals surface area (Å²) in [5.41, 5.74) is 2.29. The molecule has 0 saturated heterocycles. The molecule has 0 radical (unpaired) electrons. The number of alkyl halides is 3. The Morgan fingerprint density at radius 1 is 1.16 bits per heavy atom. The molecule has 0 fully saturated rings. The number of benzene rings is 1. The van der Waals surface area contributed by atoms with Crippen LogP contribution in [0.3, 0.4) is 0 Å². The average Bonchev–Trinajstić information content (AvgIpc) is 3.16. The summed E-state index contributed by atoms with van der Waals surface area (Å²) in [6.07, 6.45) is -3.10. The van der Waals surface area contributed by atoms with Crippen LogP contribution >= 0.6 is 0 Å². The highest BCUT2D eigenvalue weighted by atomic mass is 19.4. The molecule has 0 aliphatic heterocycles. The van der Waals surface area contributed by atoms with Crippen molar-refractivity contribution in [3.05, 3.63) is 65.1 Å². The van der Waals surface area contributed by atoms with Crippen molar-refractivity contribution in [2.24, 2.45) is 0 Å². The molecule has 0 aliphatic carbocycles. The summed E-state index contributed by atoms with van der Waals surface area (Å²) < 4.78 is 38.0. The fourth-order valence-corrected chi connectivity index (χ4v) is 2.69. The number of amides is 2. The van der Waals surface area contributed by atoms with Gasteiger partial charge in [-0.2, -0.15) is 23.5 Å². The molecule has 11 heteroatoms. The Bertz CT molecular complexity index is 1150. The van der Waals surface area contributed by atoms with Gasteiger partial charge in [-0.05, 0) is 29.8 Å². The lowest BCUT2D eigenvalue weighted by Gasteiger charge is -2.07. The van der Waals surface area contributed by atoms with Gasteiger partial charge >= 0.3 is 6.18 Å². The second-order valence-corrected chi connectivity index (χ2v) is 6.67. The number of hydrogen-bond donors (Lipinski definition) is 2. The van der Waals surface area contributed by atoms with E-state index in [4.69, 9.17) is 5.26 Å². The van der Waals surface area contributed by atoms with Crippen molar-refractivity contribution in [3.8, 4) is 6.07 Å². The second kappa shape index (κ2) is 9.25. The predicted octanol–water partition coefficient (Wildman–Crippen LogP) is 2.49. The molecule has 0 atom stereocenters. The maximum atomic E-state index is 12.2. The van der Waals surface area contributed by atoms with Crippen LogP contribution < -0.4 is 10.6 Å². The van der Waals surface area contributed by atoms with Crippen molar-refractivity contribution in [3.63, 3.8) is 0 Å². The van der Waals surface area contributed by atoms with Gasteiger partial charge in [0.2, 0.25) is 5.91 Å². The van der Waals surface area contributed by atoms with Crippen molar-refractivity contribution in [1.29, 1.82) is 5.26 Å². The summed E-state index contributed by atoms with van der Waals surface area (Å²) in [7, 11) is 0. The molecule has 160 valence electrons. The second-order valence-electron chi connectivity index (χ2n) is 6.67. The number of carbonyl (C=O) groups excluding carboxylic acids is 2. The van der Waals surface area contributed by atoms with Crippen molar-refractivity contribution in [1.82, 2.24) is 25.2 Å². The summed E-state index contributed by atoms with van der Waals surface area (Å²) >= 11 is 0. The van der Waals surface area contributed by atoms with Crippen LogP contribution in [0.15, 0.2) is 42.7 Å². The Labute approximate surface area is 174 Å². The van der Waals surface area contributed by atoms with E-state index in [0.717, 1.165) is 0 Å². The lowest BCUT2D eigenvalue weighted by Crippen LogP contribution is -2.24. The van der Waals surface area contributed by atoms with Gasteiger partial charge in [0.1, 0.15) is 0 Å². The van der Waals surface area contributed by atoms with Crippen LogP contribution in [0.1, 0.15) is 40.0 Å². The third kappa shape index (κ3) is 6.27. The van der Waals surface area contributed by atoms with Crippen LogP contribution in [0, 0.1) is 11.3 Å². The Hall–Kier alpha value is -3.94. The summed E-state index contributed by atoms with van der Waals surface area (Å²) in [4.78, 5) is 28.1. The number of rotatable bonds is 7. The molecule has 2 aromatic heterocycles. The first-order chi connectivity index (χ1) is 14.7. The van der Waals surface area contributed by atoms with E-state index in [9.17, 15) is 22.8 Å². The quantitative estimate of drug-likeness (QED) is 0.598. The third-order valence-electron chi connectivity index (χ3n) is 4.24. The lowest BCUT2D eigenvalue weighted by molar-refractivity contribution is -0.144. The molecule has 2 N–H and O–H groups in total. The van der Waals surface area contributed by atoms with E-state index in [-0.39, 0.29) is 19.0 Å². The third-order valence-corrected chi connectivity index (χ3v) is 4.24. The van der Waals surface area contributed by atoms with Crippen LogP contribution in [-0.2, 0) is 17.9 Å². The number of imidazole rings is 1. The summed E-state index contributed by atoms with van der Waals surface area (Å²) in [6.45, 7) is 0.150. The minimum absolute atomic E-state index is 0.0222. The van der Waals surface area contributed by atoms with Crippen LogP contribution in [0.2, 0.25) is 0 Å². The Kier molecular flexibility index (Phi) is 6.49. The minimum atomic E-state index is -4.38. The molecular formula is C20H17F3N6O2. The Balaban J connectivity index is 1.57. The predicted molar refractivity (Wildman–Crippen MR) is 102 cm³/mol. The van der Waals surface area contributed by atoms with E-state index in [2.05, 4.69) is 20.7 Å². The molecule has 31 heavy (non-hydrogen) atoms. The molecule has 0 unspecified atom stereocenters. The Morgan fingerprint density at radius 3 is 2.71 bits per heavy atom. The first kappa shape index (κ1) is 21.8. The zero-order valence-electron chi connectivity index (χ0n) is 16.1. The summed E-state index contributed by atoms with van der Waals surface area (Å²) in [5.74, 6) is -1.06. The number of nitrogens with zero attached hydrogens (tertiary/aromatic N) is 4. The number of halogens is 3. The standard InChI is InChI=1S/C20H17F3N6O2/c21-20(22,23)5-4-18(30)25-9-14-7-17-28-16(12-29(17)27-10-14)11-26-19(31)15-3-1-2-13(6-15)8-24/h1-3,6-7,10,12H,4-5,9,11H2,(H,25,30)(H,26,31). The molecule has 1 aromatic carbocycles. The largest absolute Gasteiger partial charge is 0.389 e. The van der Waals surface area contributed by atoms with Gasteiger partial charge in [0.25, 0.3) is 5.91 Å². The van der Waals surface area contributed by atoms with E-state index >= 15 is 0 Å². The highest BCUT2D eigenvalue weighted by Gasteiger charge is 2.27. The zero-order valence-corrected chi connectivity index (χ0v) is 16.1. The smallest absolute Gasteiger partial charge is 0.352 e. The van der Waals surface area contributed by atoms with Crippen LogP contribution in [-0.4, -0.2) is 32.6 Å². The van der Waals surface area contributed by atoms with E-state index in [1.807, 2.05) is 6.07 Å². The Morgan fingerprint density at radius 2 is 1.97 bits per heavy atom. The number of nitriles is 1. The molecule has 8 nitrogen and oxygen atoms in total. The van der Waals surface area contributed by atoms with Gasteiger partial charge in [0.05, 0.1) is 42.7 Å². The molecule has 2 heterocycles. The van der Waals surface area contributed by atoms with E-state index in [1.165, 1.54) is 16.8 Å². The van der Waals surface area contributed by atoms with E-state index in [1.54, 1.807) is 30.5 Å². The number of aromatic nitrogens is 3. The maximum Gasteiger partial charge on any atom is 0.389 e. The summed E-state index contributed by atoms with van der Waals surface area (Å²) in [5, 5.41) is 18.2. The first-order valence-corrected chi connectivity index (χ1v) is 9.18. The monoisotopic (exact) mass is 430 g/mol. The lowest BCUT2D eigenvalue weighted by atomic mass is 10.1. The van der Waals surface area contributed by atoms with Gasteiger partial charge in [-0.1, -0.05) is 6.07 Å². The normalized spacial score (nSPS) is 11.2. The fraction of sp³-hybridized carbons (Fsp3) is 0.250. The summed E-state index contributed by atoms with van der Waals surface area (Å²) in [6, 6.07) is 9.90. The molecular weight excluding hydrogens is 413 g/mol. The van der Waals surface area contributed by atoms with Gasteiger partial charge in [0.15, 0.2) is 5.65 Å². The van der Waals surface area contributed by atoms with Crippen LogP contribution in [0.4, 0.5) is 13.2 Å². The minimum Gasteiger partial charge on any atom is -0.352 e. The molecule has 2 amide bonds. The molecule has 3 rings (SSSR count). The van der Waals surface area contributed by atoms with Gasteiger partial charge in [-0.3, -0.25) is 9.59 Å². The number of nitrogens with one attached hydrogen (secondary N) is 2. The number of carbonyl (C=O) groups is 2. The van der Waals surface area contributed by atoms with E-state index < -0.39 is 24.9 Å². The van der Waals surface area contributed by atoms with Crippen molar-refractivity contribution < 1.29 is 22.8 Å². The molecule has 0 bridgehead atoms. The number of hydrogen-bond acceptors (Lipinski definition) is 5. The molecule has 0 saturated carbocycles. The zero-order chi connectivity index (χ0) is 22.4. The first-order valence-electron chi connectivity index (χ1n) is 9.18. The fourth-order valence-electron chi connectivity index (χ4n) is 2.69. The number of fused-ring (bicyclic) bond motifs is 1. The molecule has 0 spiro atoms. The highest BCUT2D eigenvalue weighted by Crippen LogP contribution is 2.21. The highest BCUT2D eigenvalue weighted by molar-refractivity contribution is 5.94. The van der Waals surface area contributed by atoms with Gasteiger partial charge in [0, 0.05) is 18.5 Å². The molecule has 0 aliphatic rings. The van der Waals surface area contributed by atoms with Crippen molar-refractivity contribution >= 4 is 17.5 Å². The molecule has 3 aromatic rings. The van der Waals surface area contributed by atoms with Gasteiger partial charge < -0.3 is 10.6 Å². The van der Waals surface area contributed by atoms with E-state index in [0.29, 0.717) is 28.0 Å². The van der Waals surface area contributed by atoms with Crippen molar-refractivity contribution in [2.45, 2.75) is 32.1 Å². The van der Waals surface area contributed by atoms with Crippen molar-refractivity contribution in [2.75, 3.05) is 0 Å². The topological polar surface area (TPSA) is 112 Å². The van der Waals surface area contributed by atoms with Crippen LogP contribution in [0.25, 0.3) is 5.65 Å². The average molecular weight is 430 g/mol. The van der Waals surface area contributed by atoms with Gasteiger partial charge in [-0.25, -0.2) is 9.50 Å². The SMILES string of the molecule is N#Cc1cccc(C(=O)NCc2cn3ncc(CNC(=O)CCC(F)(F)F)cc3n2)c1.